The van der Waals surface area contributed by atoms with Crippen molar-refractivity contribution >= 4 is 5.78 Å². The van der Waals surface area contributed by atoms with Crippen LogP contribution in [0.15, 0.2) is 0 Å². The van der Waals surface area contributed by atoms with E-state index in [-0.39, 0.29) is 28.3 Å². The average Bonchev–Trinajstić information content (AvgIpc) is 3.16. The lowest BCUT2D eigenvalue weighted by molar-refractivity contribution is -0.152. The highest BCUT2D eigenvalue weighted by molar-refractivity contribution is 5.96. The van der Waals surface area contributed by atoms with E-state index in [0.29, 0.717) is 30.1 Å². The summed E-state index contributed by atoms with van der Waals surface area (Å²) < 4.78 is 6.37. The lowest BCUT2D eigenvalue weighted by Gasteiger charge is -2.61. The predicted octanol–water partition coefficient (Wildman–Crippen LogP) is 3.48. The van der Waals surface area contributed by atoms with E-state index in [1.165, 1.54) is 0 Å². The number of carbonyl (C=O) groups is 1. The van der Waals surface area contributed by atoms with E-state index in [9.17, 15) is 15.2 Å². The Morgan fingerprint density at radius 1 is 1.19 bits per heavy atom. The molecule has 1 saturated heterocycles. The number of Topliss-reactive ketones (excluding diaryl/α,β-unsaturated/α-hetero) is 1. The van der Waals surface area contributed by atoms with Gasteiger partial charge in [0.05, 0.1) is 12.2 Å². The summed E-state index contributed by atoms with van der Waals surface area (Å²) in [6, 6.07) is 2.29. The van der Waals surface area contributed by atoms with Crippen molar-refractivity contribution in [1.82, 2.24) is 0 Å². The summed E-state index contributed by atoms with van der Waals surface area (Å²) in [5.41, 5.74) is -1.21. The molecular weight excluding hydrogens is 326 g/mol. The van der Waals surface area contributed by atoms with Crippen molar-refractivity contribution in [2.24, 2.45) is 40.4 Å². The van der Waals surface area contributed by atoms with Crippen LogP contribution < -0.4 is 0 Å². The van der Waals surface area contributed by atoms with E-state index < -0.39 is 11.5 Å². The molecule has 0 aromatic rings. The number of hydrogen-bond donors (Lipinski definition) is 1. The summed E-state index contributed by atoms with van der Waals surface area (Å²) in [7, 11) is 0. The fraction of sp³-hybridized carbons (Fsp3) is 0.909. The Labute approximate surface area is 156 Å². The maximum atomic E-state index is 12.9. The number of ketones is 1. The molecule has 5 fully saturated rings. The van der Waals surface area contributed by atoms with Crippen LogP contribution in [0.1, 0.15) is 66.2 Å². The molecule has 0 radical (unpaired) electrons. The van der Waals surface area contributed by atoms with Crippen LogP contribution in [0.25, 0.3) is 0 Å². The van der Waals surface area contributed by atoms with Gasteiger partial charge in [-0.3, -0.25) is 4.79 Å². The first-order valence-electron chi connectivity index (χ1n) is 10.5. The van der Waals surface area contributed by atoms with Crippen molar-refractivity contribution in [3.63, 3.8) is 0 Å². The van der Waals surface area contributed by atoms with Crippen molar-refractivity contribution in [1.29, 1.82) is 5.26 Å². The summed E-state index contributed by atoms with van der Waals surface area (Å²) >= 11 is 0. The lowest BCUT2D eigenvalue weighted by Crippen LogP contribution is -2.64. The zero-order valence-electron chi connectivity index (χ0n) is 16.4. The molecule has 5 rings (SSSR count). The Bertz CT molecular complexity index is 729. The molecule has 1 heterocycles. The van der Waals surface area contributed by atoms with Gasteiger partial charge < -0.3 is 9.84 Å². The molecule has 0 amide bonds. The van der Waals surface area contributed by atoms with Crippen LogP contribution in [0, 0.1) is 51.8 Å². The van der Waals surface area contributed by atoms with Gasteiger partial charge in [-0.1, -0.05) is 20.8 Å². The number of epoxide rings is 1. The second kappa shape index (κ2) is 4.73. The normalized spacial score (nSPS) is 63.2. The zero-order chi connectivity index (χ0) is 18.7. The van der Waals surface area contributed by atoms with Crippen molar-refractivity contribution < 1.29 is 14.6 Å². The first kappa shape index (κ1) is 17.2. The monoisotopic (exact) mass is 357 g/mol. The molecule has 0 bridgehead atoms. The second-order valence-corrected chi connectivity index (χ2v) is 10.7. The summed E-state index contributed by atoms with van der Waals surface area (Å²) in [5, 5.41) is 20.3. The molecule has 4 nitrogen and oxygen atoms in total. The molecule has 0 unspecified atom stereocenters. The molecule has 0 aromatic heterocycles. The second-order valence-electron chi connectivity index (χ2n) is 10.7. The van der Waals surface area contributed by atoms with Crippen LogP contribution in [0.4, 0.5) is 0 Å². The number of ether oxygens (including phenoxy) is 1. The minimum absolute atomic E-state index is 0.0136. The van der Waals surface area contributed by atoms with Crippen LogP contribution in [0.3, 0.4) is 0 Å². The molecule has 26 heavy (non-hydrogen) atoms. The Balaban J connectivity index is 1.59. The molecule has 1 spiro atoms. The van der Waals surface area contributed by atoms with Crippen LogP contribution in [-0.2, 0) is 9.53 Å². The number of fused-ring (bicyclic) bond motifs is 4. The number of nitrogens with zero attached hydrogens (tertiary/aromatic N) is 1. The van der Waals surface area contributed by atoms with Gasteiger partial charge in [0.15, 0.2) is 11.4 Å². The van der Waals surface area contributed by atoms with Gasteiger partial charge in [0, 0.05) is 5.41 Å². The summed E-state index contributed by atoms with van der Waals surface area (Å²) in [4.78, 5) is 12.9. The zero-order valence-corrected chi connectivity index (χ0v) is 16.4. The number of aliphatic hydroxyl groups is 1. The highest BCUT2D eigenvalue weighted by Gasteiger charge is 2.86. The topological polar surface area (TPSA) is 73.6 Å². The smallest absolute Gasteiger partial charge is 0.184 e. The van der Waals surface area contributed by atoms with Crippen molar-refractivity contribution in [2.75, 3.05) is 0 Å². The van der Waals surface area contributed by atoms with Crippen LogP contribution in [-0.4, -0.2) is 28.2 Å². The van der Waals surface area contributed by atoms with Gasteiger partial charge in [-0.15, -0.1) is 0 Å². The number of hydrogen-bond acceptors (Lipinski definition) is 4. The van der Waals surface area contributed by atoms with Crippen LogP contribution >= 0.6 is 0 Å². The molecule has 4 aliphatic carbocycles. The number of rotatable bonds is 0. The molecule has 4 saturated carbocycles. The van der Waals surface area contributed by atoms with E-state index in [4.69, 9.17) is 4.74 Å². The Hall–Kier alpha value is -0.920. The quantitative estimate of drug-likeness (QED) is 0.674. The predicted molar refractivity (Wildman–Crippen MR) is 95.9 cm³/mol. The van der Waals surface area contributed by atoms with Gasteiger partial charge in [-0.05, 0) is 74.5 Å². The molecule has 4 heteroatoms. The first-order chi connectivity index (χ1) is 12.2. The Morgan fingerprint density at radius 2 is 1.92 bits per heavy atom. The fourth-order valence-corrected chi connectivity index (χ4v) is 8.81. The van der Waals surface area contributed by atoms with Gasteiger partial charge in [-0.25, -0.2) is 0 Å². The third-order valence-corrected chi connectivity index (χ3v) is 9.98. The van der Waals surface area contributed by atoms with Gasteiger partial charge >= 0.3 is 0 Å². The van der Waals surface area contributed by atoms with Gasteiger partial charge in [0.2, 0.25) is 0 Å². The molecule has 142 valence electrons. The third-order valence-electron chi connectivity index (χ3n) is 9.98. The average molecular weight is 357 g/mol. The summed E-state index contributed by atoms with van der Waals surface area (Å²) in [6.45, 7) is 8.82. The van der Waals surface area contributed by atoms with Crippen LogP contribution in [0.5, 0.6) is 0 Å². The molecule has 10 atom stereocenters. The minimum atomic E-state index is -0.763. The standard InChI is InChI=1S/C22H31NO3/c1-12-9-14-15-5-6-17(24)19(15,2)8-7-16(14)20(3)10-13(11-23)18(25)21(4)22(12,20)26-21/h12-17,24H,5-10H2,1-4H3/t12-,13+,14+,15+,16+,17+,19+,20-,21-,22+/m1/s1. The Morgan fingerprint density at radius 3 is 2.62 bits per heavy atom. The molecule has 1 N–H and O–H groups in total. The summed E-state index contributed by atoms with van der Waals surface area (Å²) in [5.74, 6) is 1.44. The fourth-order valence-electron chi connectivity index (χ4n) is 8.81. The highest BCUT2D eigenvalue weighted by atomic mass is 16.6. The third kappa shape index (κ3) is 1.55. The van der Waals surface area contributed by atoms with Gasteiger partial charge in [0.1, 0.15) is 11.5 Å². The maximum Gasteiger partial charge on any atom is 0.184 e. The van der Waals surface area contributed by atoms with E-state index in [1.54, 1.807) is 0 Å². The minimum Gasteiger partial charge on any atom is -0.393 e. The maximum absolute atomic E-state index is 12.9. The van der Waals surface area contributed by atoms with Crippen LogP contribution in [0.2, 0.25) is 0 Å². The van der Waals surface area contributed by atoms with E-state index in [0.717, 1.165) is 32.1 Å². The molecule has 5 aliphatic rings. The number of carbonyl (C=O) groups excluding carboxylic acids is 1. The van der Waals surface area contributed by atoms with Gasteiger partial charge in [-0.2, -0.15) is 5.26 Å². The van der Waals surface area contributed by atoms with Crippen molar-refractivity contribution in [3.05, 3.63) is 0 Å². The molecule has 0 aromatic carbocycles. The number of nitriles is 1. The SMILES string of the molecule is C[C@@H]1C[C@H]2[C@@H]3CC[C@H](O)[C@@]3(C)CC[C@@H]2[C@@]2(C)C[C@@H](C#N)C(=O)[C@@]3(C)O[C@]132. The van der Waals surface area contributed by atoms with E-state index >= 15 is 0 Å². The molecule has 1 aliphatic heterocycles. The van der Waals surface area contributed by atoms with E-state index in [1.807, 2.05) is 6.92 Å². The lowest BCUT2D eigenvalue weighted by atomic mass is 9.41. The largest absolute Gasteiger partial charge is 0.393 e. The van der Waals surface area contributed by atoms with Crippen molar-refractivity contribution in [2.45, 2.75) is 83.5 Å². The van der Waals surface area contributed by atoms with Gasteiger partial charge in [0.25, 0.3) is 0 Å². The van der Waals surface area contributed by atoms with Crippen molar-refractivity contribution in [3.8, 4) is 6.07 Å². The van der Waals surface area contributed by atoms with E-state index in [2.05, 4.69) is 26.8 Å². The highest BCUT2D eigenvalue weighted by Crippen LogP contribution is 2.77. The first-order valence-corrected chi connectivity index (χ1v) is 10.5. The number of aliphatic hydroxyl groups excluding tert-OH is 1. The summed E-state index contributed by atoms with van der Waals surface area (Å²) in [6.07, 6.45) is 5.76. The molecular formula is C22H31NO3. The Kier molecular flexibility index (Phi) is 3.13.